The molecule has 0 saturated carbocycles. The molecule has 1 rings (SSSR count). The fourth-order valence-corrected chi connectivity index (χ4v) is 1.51. The van der Waals surface area contributed by atoms with Gasteiger partial charge in [0.1, 0.15) is 12.1 Å². The van der Waals surface area contributed by atoms with Crippen molar-refractivity contribution < 1.29 is 9.59 Å². The Morgan fingerprint density at radius 3 is 2.57 bits per heavy atom. The minimum Gasteiger partial charge on any atom is -0.298 e. The van der Waals surface area contributed by atoms with Gasteiger partial charge in [-0.15, -0.1) is 0 Å². The van der Waals surface area contributed by atoms with Gasteiger partial charge in [-0.25, -0.2) is 0 Å². The molecule has 0 aliphatic rings. The topological polar surface area (TPSA) is 34.1 Å². The van der Waals surface area contributed by atoms with Crippen molar-refractivity contribution in [3.05, 3.63) is 34.9 Å². The van der Waals surface area contributed by atoms with Crippen molar-refractivity contribution in [1.82, 2.24) is 0 Å². The predicted octanol–water partition coefficient (Wildman–Crippen LogP) is 2.83. The summed E-state index contributed by atoms with van der Waals surface area (Å²) in [5.41, 5.74) is 2.45. The second-order valence-corrected chi connectivity index (χ2v) is 4.12. The van der Waals surface area contributed by atoms with Crippen LogP contribution in [0.25, 0.3) is 0 Å². The number of halogens is 1. The van der Waals surface area contributed by atoms with E-state index in [1.54, 1.807) is 12.1 Å². The van der Waals surface area contributed by atoms with E-state index >= 15 is 0 Å². The SMILES string of the molecule is CC(=O)C(Br)c1ccc(C=O)c(C)c1. The van der Waals surface area contributed by atoms with Crippen LogP contribution in [0.4, 0.5) is 0 Å². The fourth-order valence-electron chi connectivity index (χ4n) is 1.22. The minimum absolute atomic E-state index is 0.0586. The maximum Gasteiger partial charge on any atom is 0.150 e. The lowest BCUT2D eigenvalue weighted by Gasteiger charge is -2.08. The molecule has 0 aromatic heterocycles. The highest BCUT2D eigenvalue weighted by Gasteiger charge is 2.12. The Morgan fingerprint density at radius 1 is 1.50 bits per heavy atom. The smallest absolute Gasteiger partial charge is 0.150 e. The van der Waals surface area contributed by atoms with Gasteiger partial charge in [-0.05, 0) is 25.0 Å². The van der Waals surface area contributed by atoms with Crippen molar-refractivity contribution in [3.63, 3.8) is 0 Å². The van der Waals surface area contributed by atoms with E-state index in [-0.39, 0.29) is 10.6 Å². The number of aldehydes is 1. The number of hydrogen-bond acceptors (Lipinski definition) is 2. The van der Waals surface area contributed by atoms with Crippen molar-refractivity contribution in [3.8, 4) is 0 Å². The van der Waals surface area contributed by atoms with Gasteiger partial charge in [0.15, 0.2) is 0 Å². The van der Waals surface area contributed by atoms with Crippen molar-refractivity contribution >= 4 is 28.0 Å². The molecule has 1 aromatic carbocycles. The van der Waals surface area contributed by atoms with E-state index < -0.39 is 0 Å². The van der Waals surface area contributed by atoms with Crippen LogP contribution in [0, 0.1) is 6.92 Å². The zero-order chi connectivity index (χ0) is 10.7. The summed E-state index contributed by atoms with van der Waals surface area (Å²) in [6.07, 6.45) is 0.816. The summed E-state index contributed by atoms with van der Waals surface area (Å²) in [6.45, 7) is 3.38. The maximum absolute atomic E-state index is 11.1. The summed E-state index contributed by atoms with van der Waals surface area (Å²) in [5, 5.41) is 0. The highest BCUT2D eigenvalue weighted by Crippen LogP contribution is 2.25. The number of hydrogen-bond donors (Lipinski definition) is 0. The normalized spacial score (nSPS) is 12.2. The Morgan fingerprint density at radius 2 is 2.14 bits per heavy atom. The molecule has 0 aliphatic carbocycles. The van der Waals surface area contributed by atoms with E-state index in [0.717, 1.165) is 17.4 Å². The van der Waals surface area contributed by atoms with Gasteiger partial charge >= 0.3 is 0 Å². The number of Topliss-reactive ketones (excluding diaryl/α,β-unsaturated/α-hetero) is 1. The van der Waals surface area contributed by atoms with Crippen LogP contribution in [0.15, 0.2) is 18.2 Å². The molecule has 0 spiro atoms. The fraction of sp³-hybridized carbons (Fsp3) is 0.273. The van der Waals surface area contributed by atoms with Crippen LogP contribution < -0.4 is 0 Å². The van der Waals surface area contributed by atoms with Gasteiger partial charge in [0, 0.05) is 5.56 Å². The lowest BCUT2D eigenvalue weighted by molar-refractivity contribution is -0.116. The number of aryl methyl sites for hydroxylation is 1. The third-order valence-corrected chi connectivity index (χ3v) is 3.24. The number of ketones is 1. The Balaban J connectivity index is 3.08. The van der Waals surface area contributed by atoms with Crippen LogP contribution >= 0.6 is 15.9 Å². The molecule has 1 atom stereocenters. The van der Waals surface area contributed by atoms with Crippen LogP contribution in [0.2, 0.25) is 0 Å². The quantitative estimate of drug-likeness (QED) is 0.614. The first-order valence-electron chi connectivity index (χ1n) is 4.26. The number of rotatable bonds is 3. The van der Waals surface area contributed by atoms with Gasteiger partial charge in [-0.2, -0.15) is 0 Å². The van der Waals surface area contributed by atoms with Crippen LogP contribution in [0.1, 0.15) is 33.2 Å². The number of alkyl halides is 1. The van der Waals surface area contributed by atoms with Crippen molar-refractivity contribution in [1.29, 1.82) is 0 Å². The standard InChI is InChI=1S/C11H11BrO2/c1-7-5-9(11(12)8(2)14)3-4-10(7)6-13/h3-6,11H,1-2H3. The first-order chi connectivity index (χ1) is 6.56. The molecule has 0 aliphatic heterocycles. The first-order valence-corrected chi connectivity index (χ1v) is 5.18. The minimum atomic E-state index is -0.276. The zero-order valence-corrected chi connectivity index (χ0v) is 9.67. The van der Waals surface area contributed by atoms with Crippen molar-refractivity contribution in [2.75, 3.05) is 0 Å². The number of carbonyl (C=O) groups is 2. The lowest BCUT2D eigenvalue weighted by Crippen LogP contribution is -2.01. The van der Waals surface area contributed by atoms with Crippen LogP contribution in [-0.2, 0) is 4.79 Å². The van der Waals surface area contributed by atoms with Gasteiger partial charge in [0.25, 0.3) is 0 Å². The second kappa shape index (κ2) is 4.51. The van der Waals surface area contributed by atoms with Gasteiger partial charge in [-0.3, -0.25) is 9.59 Å². The maximum atomic E-state index is 11.1. The predicted molar refractivity (Wildman–Crippen MR) is 58.9 cm³/mol. The van der Waals surface area contributed by atoms with E-state index in [2.05, 4.69) is 15.9 Å². The first kappa shape index (κ1) is 11.1. The van der Waals surface area contributed by atoms with Gasteiger partial charge < -0.3 is 0 Å². The molecule has 1 aromatic rings. The van der Waals surface area contributed by atoms with E-state index in [9.17, 15) is 9.59 Å². The third-order valence-electron chi connectivity index (χ3n) is 2.07. The molecular formula is C11H11BrO2. The molecule has 0 bridgehead atoms. The molecule has 0 amide bonds. The molecule has 14 heavy (non-hydrogen) atoms. The average molecular weight is 255 g/mol. The molecule has 0 fully saturated rings. The largest absolute Gasteiger partial charge is 0.298 e. The van der Waals surface area contributed by atoms with Crippen molar-refractivity contribution in [2.24, 2.45) is 0 Å². The third kappa shape index (κ3) is 2.29. The van der Waals surface area contributed by atoms with Crippen LogP contribution in [-0.4, -0.2) is 12.1 Å². The second-order valence-electron chi connectivity index (χ2n) is 3.21. The molecular weight excluding hydrogens is 244 g/mol. The number of carbonyl (C=O) groups excluding carboxylic acids is 2. The van der Waals surface area contributed by atoms with Crippen molar-refractivity contribution in [2.45, 2.75) is 18.7 Å². The number of benzene rings is 1. The van der Waals surface area contributed by atoms with Gasteiger partial charge in [0.2, 0.25) is 0 Å². The summed E-state index contributed by atoms with van der Waals surface area (Å²) in [7, 11) is 0. The Bertz CT molecular complexity index is 372. The molecule has 0 heterocycles. The van der Waals surface area contributed by atoms with E-state index in [4.69, 9.17) is 0 Å². The Kier molecular flexibility index (Phi) is 3.58. The molecule has 1 unspecified atom stereocenters. The summed E-state index contributed by atoms with van der Waals surface area (Å²) in [6, 6.07) is 5.37. The van der Waals surface area contributed by atoms with E-state index in [1.807, 2.05) is 13.0 Å². The zero-order valence-electron chi connectivity index (χ0n) is 8.08. The van der Waals surface area contributed by atoms with E-state index in [0.29, 0.717) is 5.56 Å². The van der Waals surface area contributed by atoms with Gasteiger partial charge in [-0.1, -0.05) is 34.1 Å². The molecule has 74 valence electrons. The van der Waals surface area contributed by atoms with E-state index in [1.165, 1.54) is 6.92 Å². The summed E-state index contributed by atoms with van der Waals surface area (Å²) >= 11 is 3.29. The monoisotopic (exact) mass is 254 g/mol. The summed E-state index contributed by atoms with van der Waals surface area (Å²) in [4.78, 5) is 21.4. The molecule has 0 N–H and O–H groups in total. The highest BCUT2D eigenvalue weighted by molar-refractivity contribution is 9.09. The Labute approximate surface area is 91.4 Å². The van der Waals surface area contributed by atoms with Gasteiger partial charge in [0.05, 0.1) is 4.83 Å². The average Bonchev–Trinajstić information content (AvgIpc) is 2.16. The lowest BCUT2D eigenvalue weighted by atomic mass is 10.0. The molecule has 2 nitrogen and oxygen atoms in total. The Hall–Kier alpha value is -0.960. The molecule has 3 heteroatoms. The molecule has 0 radical (unpaired) electrons. The van der Waals surface area contributed by atoms with Crippen LogP contribution in [0.3, 0.4) is 0 Å². The molecule has 0 saturated heterocycles. The highest BCUT2D eigenvalue weighted by atomic mass is 79.9. The summed E-state index contributed by atoms with van der Waals surface area (Å²) < 4.78 is 0. The van der Waals surface area contributed by atoms with Crippen LogP contribution in [0.5, 0.6) is 0 Å². The summed E-state index contributed by atoms with van der Waals surface area (Å²) in [5.74, 6) is 0.0586.